The van der Waals surface area contributed by atoms with Crippen LogP contribution in [0.1, 0.15) is 18.2 Å². The summed E-state index contributed by atoms with van der Waals surface area (Å²) in [7, 11) is 1.77. The monoisotopic (exact) mass is 208 g/mol. The van der Waals surface area contributed by atoms with Gasteiger partial charge in [-0.05, 0) is 25.3 Å². The Kier molecular flexibility index (Phi) is 2.97. The van der Waals surface area contributed by atoms with Gasteiger partial charge in [-0.15, -0.1) is 0 Å². The van der Waals surface area contributed by atoms with Crippen LogP contribution in [0.25, 0.3) is 0 Å². The molecule has 0 saturated heterocycles. The van der Waals surface area contributed by atoms with Gasteiger partial charge in [0.05, 0.1) is 6.61 Å². The Balaban J connectivity index is 2.30. The fraction of sp³-hybridized carbons (Fsp3) is 0.364. The van der Waals surface area contributed by atoms with E-state index in [0.717, 1.165) is 12.2 Å². The normalized spacial score (nSPS) is 17.1. The third kappa shape index (κ3) is 1.99. The Morgan fingerprint density at radius 2 is 2.47 bits per heavy atom. The summed E-state index contributed by atoms with van der Waals surface area (Å²) in [6.07, 6.45) is 4.43. The van der Waals surface area contributed by atoms with Crippen LogP contribution in [0.15, 0.2) is 30.2 Å². The Hall–Kier alpha value is -1.42. The van der Waals surface area contributed by atoms with E-state index >= 15 is 0 Å². The summed E-state index contributed by atoms with van der Waals surface area (Å²) >= 11 is 0. The van der Waals surface area contributed by atoms with Gasteiger partial charge in [-0.25, -0.2) is 4.39 Å². The molecule has 1 atom stereocenters. The van der Waals surface area contributed by atoms with E-state index in [1.54, 1.807) is 19.3 Å². The molecular weight excluding hydrogens is 195 g/mol. The van der Waals surface area contributed by atoms with Crippen molar-refractivity contribution in [2.24, 2.45) is 0 Å². The molecule has 1 aromatic rings. The van der Waals surface area contributed by atoms with E-state index in [4.69, 9.17) is 4.74 Å². The minimum absolute atomic E-state index is 0.284. The molecule has 1 unspecified atom stereocenters. The SMILES string of the molecule is CNC(C1=CCCO1)c1ncccc1F. The molecule has 4 heteroatoms. The molecule has 0 aliphatic carbocycles. The molecule has 2 heterocycles. The van der Waals surface area contributed by atoms with Crippen LogP contribution in [0.3, 0.4) is 0 Å². The predicted molar refractivity (Wildman–Crippen MR) is 54.6 cm³/mol. The average molecular weight is 208 g/mol. The van der Waals surface area contributed by atoms with Gasteiger partial charge in [0, 0.05) is 12.6 Å². The van der Waals surface area contributed by atoms with E-state index < -0.39 is 0 Å². The maximum Gasteiger partial charge on any atom is 0.146 e. The lowest BCUT2D eigenvalue weighted by Gasteiger charge is -2.17. The van der Waals surface area contributed by atoms with Crippen molar-refractivity contribution >= 4 is 0 Å². The summed E-state index contributed by atoms with van der Waals surface area (Å²) < 4.78 is 18.9. The second kappa shape index (κ2) is 4.40. The molecule has 1 aromatic heterocycles. The molecule has 1 N–H and O–H groups in total. The van der Waals surface area contributed by atoms with Crippen molar-refractivity contribution in [1.29, 1.82) is 0 Å². The van der Waals surface area contributed by atoms with Gasteiger partial charge >= 0.3 is 0 Å². The summed E-state index contributed by atoms with van der Waals surface area (Å²) in [4.78, 5) is 4.04. The highest BCUT2D eigenvalue weighted by Crippen LogP contribution is 2.26. The molecule has 0 aromatic carbocycles. The number of nitrogens with zero attached hydrogens (tertiary/aromatic N) is 1. The van der Waals surface area contributed by atoms with Crippen molar-refractivity contribution < 1.29 is 9.13 Å². The number of likely N-dealkylation sites (N-methyl/N-ethyl adjacent to an activating group) is 1. The zero-order valence-corrected chi connectivity index (χ0v) is 8.53. The zero-order chi connectivity index (χ0) is 10.7. The standard InChI is InChI=1S/C11H13FN2O/c1-13-11(9-5-3-7-15-9)10-8(12)4-2-6-14-10/h2,4-6,11,13H,3,7H2,1H3. The van der Waals surface area contributed by atoms with Gasteiger partial charge in [-0.2, -0.15) is 0 Å². The lowest BCUT2D eigenvalue weighted by Crippen LogP contribution is -2.21. The van der Waals surface area contributed by atoms with E-state index in [1.807, 2.05) is 6.08 Å². The third-order valence-corrected chi connectivity index (χ3v) is 2.37. The first-order valence-electron chi connectivity index (χ1n) is 4.93. The predicted octanol–water partition coefficient (Wildman–Crippen LogP) is 1.79. The second-order valence-corrected chi connectivity index (χ2v) is 3.34. The first-order valence-corrected chi connectivity index (χ1v) is 4.93. The van der Waals surface area contributed by atoms with E-state index in [-0.39, 0.29) is 11.9 Å². The Bertz CT molecular complexity index is 379. The van der Waals surface area contributed by atoms with Crippen LogP contribution in [0.5, 0.6) is 0 Å². The van der Waals surface area contributed by atoms with Crippen molar-refractivity contribution in [1.82, 2.24) is 10.3 Å². The number of aromatic nitrogens is 1. The van der Waals surface area contributed by atoms with Gasteiger partial charge in [0.2, 0.25) is 0 Å². The Morgan fingerprint density at radius 3 is 3.07 bits per heavy atom. The molecule has 80 valence electrons. The minimum atomic E-state index is -0.312. The summed E-state index contributed by atoms with van der Waals surface area (Å²) in [6.45, 7) is 0.669. The van der Waals surface area contributed by atoms with Gasteiger partial charge in [-0.3, -0.25) is 4.98 Å². The molecule has 0 radical (unpaired) electrons. The number of ether oxygens (including phenoxy) is 1. The molecule has 0 amide bonds. The van der Waals surface area contributed by atoms with Crippen LogP contribution in [0, 0.1) is 5.82 Å². The number of hydrogen-bond acceptors (Lipinski definition) is 3. The number of rotatable bonds is 3. The smallest absolute Gasteiger partial charge is 0.146 e. The van der Waals surface area contributed by atoms with Crippen LogP contribution in [-0.2, 0) is 4.74 Å². The van der Waals surface area contributed by atoms with Crippen molar-refractivity contribution in [3.63, 3.8) is 0 Å². The fourth-order valence-electron chi connectivity index (χ4n) is 1.66. The average Bonchev–Trinajstić information content (AvgIpc) is 2.75. The summed E-state index contributed by atoms with van der Waals surface area (Å²) in [6, 6.07) is 2.70. The van der Waals surface area contributed by atoms with Crippen molar-refractivity contribution in [3.05, 3.63) is 41.7 Å². The van der Waals surface area contributed by atoms with Crippen molar-refractivity contribution in [2.45, 2.75) is 12.5 Å². The fourth-order valence-corrected chi connectivity index (χ4v) is 1.66. The highest BCUT2D eigenvalue weighted by molar-refractivity contribution is 5.21. The molecule has 3 nitrogen and oxygen atoms in total. The number of nitrogens with one attached hydrogen (secondary N) is 1. The highest BCUT2D eigenvalue weighted by atomic mass is 19.1. The molecule has 2 rings (SSSR count). The molecular formula is C11H13FN2O. The summed E-state index contributed by atoms with van der Waals surface area (Å²) in [5.41, 5.74) is 0.383. The van der Waals surface area contributed by atoms with Crippen LogP contribution < -0.4 is 5.32 Å². The molecule has 15 heavy (non-hydrogen) atoms. The lowest BCUT2D eigenvalue weighted by molar-refractivity contribution is 0.215. The Labute approximate surface area is 88.0 Å². The van der Waals surface area contributed by atoms with E-state index in [1.165, 1.54) is 6.07 Å². The second-order valence-electron chi connectivity index (χ2n) is 3.34. The molecule has 0 spiro atoms. The first kappa shape index (κ1) is 10.1. The Morgan fingerprint density at radius 1 is 1.60 bits per heavy atom. The topological polar surface area (TPSA) is 34.1 Å². The van der Waals surface area contributed by atoms with Gasteiger partial charge in [0.15, 0.2) is 0 Å². The van der Waals surface area contributed by atoms with Crippen LogP contribution in [-0.4, -0.2) is 18.6 Å². The maximum absolute atomic E-state index is 13.5. The third-order valence-electron chi connectivity index (χ3n) is 2.37. The van der Waals surface area contributed by atoms with Crippen molar-refractivity contribution in [3.8, 4) is 0 Å². The van der Waals surface area contributed by atoms with E-state index in [9.17, 15) is 4.39 Å². The number of pyridine rings is 1. The maximum atomic E-state index is 13.5. The largest absolute Gasteiger partial charge is 0.496 e. The number of hydrogen-bond donors (Lipinski definition) is 1. The lowest BCUT2D eigenvalue weighted by atomic mass is 10.1. The van der Waals surface area contributed by atoms with Gasteiger partial charge in [-0.1, -0.05) is 0 Å². The van der Waals surface area contributed by atoms with Gasteiger partial charge in [0.1, 0.15) is 23.3 Å². The molecule has 0 saturated carbocycles. The summed E-state index contributed by atoms with van der Waals surface area (Å²) in [5.74, 6) is 0.448. The van der Waals surface area contributed by atoms with Crippen LogP contribution in [0.4, 0.5) is 4.39 Å². The van der Waals surface area contributed by atoms with Gasteiger partial charge in [0.25, 0.3) is 0 Å². The zero-order valence-electron chi connectivity index (χ0n) is 8.53. The highest BCUT2D eigenvalue weighted by Gasteiger charge is 2.22. The van der Waals surface area contributed by atoms with Crippen molar-refractivity contribution in [2.75, 3.05) is 13.7 Å². The molecule has 1 aliphatic heterocycles. The van der Waals surface area contributed by atoms with Crippen LogP contribution >= 0.6 is 0 Å². The molecule has 0 bridgehead atoms. The van der Waals surface area contributed by atoms with E-state index in [0.29, 0.717) is 12.3 Å². The number of halogens is 1. The molecule has 1 aliphatic rings. The first-order chi connectivity index (χ1) is 7.33. The van der Waals surface area contributed by atoms with Gasteiger partial charge < -0.3 is 10.1 Å². The molecule has 0 fully saturated rings. The van der Waals surface area contributed by atoms with E-state index in [2.05, 4.69) is 10.3 Å². The summed E-state index contributed by atoms with van der Waals surface area (Å²) in [5, 5.41) is 3.01. The van der Waals surface area contributed by atoms with Crippen LogP contribution in [0.2, 0.25) is 0 Å². The quantitative estimate of drug-likeness (QED) is 0.822. The minimum Gasteiger partial charge on any atom is -0.496 e.